The predicted octanol–water partition coefficient (Wildman–Crippen LogP) is 2.19. The Morgan fingerprint density at radius 2 is 1.70 bits per heavy atom. The predicted molar refractivity (Wildman–Crippen MR) is 80.3 cm³/mol. The van der Waals surface area contributed by atoms with Crippen LogP contribution in [0.4, 0.5) is 0 Å². The van der Waals surface area contributed by atoms with Gasteiger partial charge in [0.05, 0.1) is 13.1 Å². The number of nitrogens with zero attached hydrogens (tertiary/aromatic N) is 2. The molecule has 0 spiro atoms. The van der Waals surface area contributed by atoms with Crippen LogP contribution in [0.25, 0.3) is 0 Å². The van der Waals surface area contributed by atoms with Crippen molar-refractivity contribution in [3.8, 4) is 0 Å². The van der Waals surface area contributed by atoms with Gasteiger partial charge in [-0.2, -0.15) is 0 Å². The molecule has 0 radical (unpaired) electrons. The van der Waals surface area contributed by atoms with E-state index in [1.807, 2.05) is 6.07 Å². The molecule has 0 saturated carbocycles. The van der Waals surface area contributed by atoms with Crippen LogP contribution in [0.2, 0.25) is 0 Å². The monoisotopic (exact) mass is 277 g/mol. The molecule has 1 aromatic rings. The van der Waals surface area contributed by atoms with E-state index in [-0.39, 0.29) is 0 Å². The standard InChI is InChI=1S/C16H27N3O/c17-12-15-4-5-16(20-15)13-18-10-6-14(7-11-18)19-8-2-1-3-9-19/h4-5,14H,1-3,6-13,17H2. The molecule has 4 heteroatoms. The third kappa shape index (κ3) is 3.43. The highest BCUT2D eigenvalue weighted by Crippen LogP contribution is 2.22. The summed E-state index contributed by atoms with van der Waals surface area (Å²) in [6, 6.07) is 4.89. The maximum atomic E-state index is 5.70. The number of likely N-dealkylation sites (tertiary alicyclic amines) is 2. The van der Waals surface area contributed by atoms with Gasteiger partial charge < -0.3 is 15.1 Å². The number of hydrogen-bond acceptors (Lipinski definition) is 4. The molecule has 4 nitrogen and oxygen atoms in total. The molecular formula is C16H27N3O. The molecular weight excluding hydrogens is 250 g/mol. The van der Waals surface area contributed by atoms with Gasteiger partial charge in [0.25, 0.3) is 0 Å². The molecule has 0 amide bonds. The lowest BCUT2D eigenvalue weighted by molar-refractivity contribution is 0.0864. The zero-order valence-electron chi connectivity index (χ0n) is 12.4. The van der Waals surface area contributed by atoms with Crippen LogP contribution in [-0.4, -0.2) is 42.0 Å². The zero-order valence-corrected chi connectivity index (χ0v) is 12.4. The summed E-state index contributed by atoms with van der Waals surface area (Å²) in [4.78, 5) is 5.24. The van der Waals surface area contributed by atoms with Crippen molar-refractivity contribution in [2.24, 2.45) is 5.73 Å². The van der Waals surface area contributed by atoms with Gasteiger partial charge in [0.1, 0.15) is 11.5 Å². The van der Waals surface area contributed by atoms with Crippen LogP contribution in [0.3, 0.4) is 0 Å². The lowest BCUT2D eigenvalue weighted by Gasteiger charge is -2.40. The second-order valence-corrected chi connectivity index (χ2v) is 6.18. The van der Waals surface area contributed by atoms with Crippen LogP contribution < -0.4 is 5.73 Å². The van der Waals surface area contributed by atoms with Crippen LogP contribution in [0.15, 0.2) is 16.5 Å². The number of rotatable bonds is 4. The fourth-order valence-electron chi connectivity index (χ4n) is 3.56. The zero-order chi connectivity index (χ0) is 13.8. The molecule has 2 aliphatic heterocycles. The van der Waals surface area contributed by atoms with Crippen molar-refractivity contribution in [3.63, 3.8) is 0 Å². The third-order valence-corrected chi connectivity index (χ3v) is 4.76. The molecule has 3 rings (SSSR count). The van der Waals surface area contributed by atoms with Gasteiger partial charge in [0, 0.05) is 19.1 Å². The minimum atomic E-state index is 0.497. The first-order valence-electron chi connectivity index (χ1n) is 8.09. The average molecular weight is 277 g/mol. The topological polar surface area (TPSA) is 45.6 Å². The maximum absolute atomic E-state index is 5.70. The van der Waals surface area contributed by atoms with Gasteiger partial charge in [0.2, 0.25) is 0 Å². The molecule has 2 saturated heterocycles. The third-order valence-electron chi connectivity index (χ3n) is 4.76. The van der Waals surface area contributed by atoms with E-state index < -0.39 is 0 Å². The minimum Gasteiger partial charge on any atom is -0.463 e. The summed E-state index contributed by atoms with van der Waals surface area (Å²) in [7, 11) is 0. The summed E-state index contributed by atoms with van der Waals surface area (Å²) >= 11 is 0. The van der Waals surface area contributed by atoms with Gasteiger partial charge in [-0.05, 0) is 50.9 Å². The van der Waals surface area contributed by atoms with E-state index in [0.29, 0.717) is 6.54 Å². The Balaban J connectivity index is 1.45. The summed E-state index contributed by atoms with van der Waals surface area (Å²) in [5.41, 5.74) is 5.58. The van der Waals surface area contributed by atoms with E-state index in [4.69, 9.17) is 10.2 Å². The lowest BCUT2D eigenvalue weighted by atomic mass is 10.00. The van der Waals surface area contributed by atoms with Crippen LogP contribution in [0.1, 0.15) is 43.6 Å². The first-order chi connectivity index (χ1) is 9.85. The molecule has 0 aromatic carbocycles. The molecule has 112 valence electrons. The molecule has 1 aromatic heterocycles. The van der Waals surface area contributed by atoms with Crippen LogP contribution >= 0.6 is 0 Å². The smallest absolute Gasteiger partial charge is 0.118 e. The van der Waals surface area contributed by atoms with Gasteiger partial charge in [0.15, 0.2) is 0 Å². The Morgan fingerprint density at radius 3 is 2.35 bits per heavy atom. The summed E-state index contributed by atoms with van der Waals surface area (Å²) in [5.74, 6) is 1.95. The van der Waals surface area contributed by atoms with Crippen molar-refractivity contribution in [1.29, 1.82) is 0 Å². The Morgan fingerprint density at radius 1 is 1.00 bits per heavy atom. The van der Waals surface area contributed by atoms with Crippen LogP contribution in [-0.2, 0) is 13.1 Å². The number of hydrogen-bond donors (Lipinski definition) is 1. The second-order valence-electron chi connectivity index (χ2n) is 6.18. The molecule has 2 fully saturated rings. The molecule has 0 atom stereocenters. The van der Waals surface area contributed by atoms with E-state index in [9.17, 15) is 0 Å². The van der Waals surface area contributed by atoms with Crippen molar-refractivity contribution in [1.82, 2.24) is 9.80 Å². The molecule has 0 unspecified atom stereocenters. The van der Waals surface area contributed by atoms with Crippen LogP contribution in [0.5, 0.6) is 0 Å². The lowest BCUT2D eigenvalue weighted by Crippen LogP contribution is -2.46. The first-order valence-corrected chi connectivity index (χ1v) is 8.09. The van der Waals surface area contributed by atoms with Gasteiger partial charge in [-0.1, -0.05) is 6.42 Å². The highest BCUT2D eigenvalue weighted by Gasteiger charge is 2.25. The second kappa shape index (κ2) is 6.74. The van der Waals surface area contributed by atoms with Crippen LogP contribution in [0, 0.1) is 0 Å². The van der Waals surface area contributed by atoms with E-state index >= 15 is 0 Å². The van der Waals surface area contributed by atoms with E-state index in [0.717, 1.165) is 24.1 Å². The summed E-state index contributed by atoms with van der Waals surface area (Å²) in [6.45, 7) is 6.47. The quantitative estimate of drug-likeness (QED) is 0.916. The fraction of sp³-hybridized carbons (Fsp3) is 0.750. The molecule has 3 heterocycles. The van der Waals surface area contributed by atoms with Gasteiger partial charge in [-0.25, -0.2) is 0 Å². The molecule has 0 aliphatic carbocycles. The van der Waals surface area contributed by atoms with Crippen molar-refractivity contribution in [2.45, 2.75) is 51.2 Å². The highest BCUT2D eigenvalue weighted by atomic mass is 16.3. The van der Waals surface area contributed by atoms with Crippen molar-refractivity contribution in [3.05, 3.63) is 23.7 Å². The number of furan rings is 1. The molecule has 2 N–H and O–H groups in total. The SMILES string of the molecule is NCc1ccc(CN2CCC(N3CCCCC3)CC2)o1. The van der Waals surface area contributed by atoms with E-state index in [1.54, 1.807) is 0 Å². The number of piperidine rings is 2. The Labute approximate surface area is 121 Å². The van der Waals surface area contributed by atoms with Gasteiger partial charge in [-0.15, -0.1) is 0 Å². The fourth-order valence-corrected chi connectivity index (χ4v) is 3.56. The Kier molecular flexibility index (Phi) is 4.76. The van der Waals surface area contributed by atoms with Crippen molar-refractivity contribution in [2.75, 3.05) is 26.2 Å². The van der Waals surface area contributed by atoms with E-state index in [2.05, 4.69) is 15.9 Å². The summed E-state index contributed by atoms with van der Waals surface area (Å²) in [6.07, 6.45) is 6.84. The minimum absolute atomic E-state index is 0.497. The average Bonchev–Trinajstić information content (AvgIpc) is 2.97. The number of nitrogens with two attached hydrogens (primary N) is 1. The maximum Gasteiger partial charge on any atom is 0.118 e. The van der Waals surface area contributed by atoms with Gasteiger partial charge in [-0.3, -0.25) is 4.90 Å². The van der Waals surface area contributed by atoms with E-state index in [1.165, 1.54) is 58.3 Å². The van der Waals surface area contributed by atoms with Crippen molar-refractivity contribution >= 4 is 0 Å². The Bertz CT molecular complexity index is 404. The van der Waals surface area contributed by atoms with Crippen molar-refractivity contribution < 1.29 is 4.42 Å². The summed E-state index contributed by atoms with van der Waals surface area (Å²) in [5, 5.41) is 0. The molecule has 20 heavy (non-hydrogen) atoms. The molecule has 0 bridgehead atoms. The Hall–Kier alpha value is -0.840. The largest absolute Gasteiger partial charge is 0.463 e. The first kappa shape index (κ1) is 14.1. The van der Waals surface area contributed by atoms with Gasteiger partial charge >= 0.3 is 0 Å². The normalized spacial score (nSPS) is 23.2. The summed E-state index contributed by atoms with van der Waals surface area (Å²) < 4.78 is 5.70. The highest BCUT2D eigenvalue weighted by molar-refractivity contribution is 5.07. The molecule has 2 aliphatic rings.